The SMILES string of the molecule is CCCCCc1ccc(S(=O)(=O)NC2(CC(=O)O)C[NH2+]C2)cc1.O=C([O-])C(F)(F)F. The summed E-state index contributed by atoms with van der Waals surface area (Å²) in [5.74, 6) is -4.00. The molecule has 0 amide bonds. The number of carboxylic acid groups (broad SMARTS) is 2. The minimum atomic E-state index is -5.19. The van der Waals surface area contributed by atoms with Crippen LogP contribution in [0.3, 0.4) is 0 Å². The molecule has 12 heteroatoms. The van der Waals surface area contributed by atoms with Crippen molar-refractivity contribution in [3.05, 3.63) is 29.8 Å². The lowest BCUT2D eigenvalue weighted by molar-refractivity contribution is -0.726. The fourth-order valence-corrected chi connectivity index (χ4v) is 4.23. The van der Waals surface area contributed by atoms with Crippen LogP contribution in [0, 0.1) is 0 Å². The summed E-state index contributed by atoms with van der Waals surface area (Å²) in [6, 6.07) is 6.86. The molecule has 0 unspecified atom stereocenters. The molecule has 4 N–H and O–H groups in total. The van der Waals surface area contributed by atoms with Gasteiger partial charge in [0, 0.05) is 0 Å². The van der Waals surface area contributed by atoms with E-state index in [4.69, 9.17) is 15.0 Å². The molecule has 8 nitrogen and oxygen atoms in total. The smallest absolute Gasteiger partial charge is 0.430 e. The lowest BCUT2D eigenvalue weighted by atomic mass is 9.90. The Labute approximate surface area is 172 Å². The number of halogens is 3. The number of carbonyl (C=O) groups excluding carboxylic acids is 1. The molecule has 0 aromatic heterocycles. The molecule has 2 rings (SSSR count). The van der Waals surface area contributed by atoms with Crippen molar-refractivity contribution in [2.24, 2.45) is 0 Å². The van der Waals surface area contributed by atoms with E-state index in [1.807, 2.05) is 17.4 Å². The summed E-state index contributed by atoms with van der Waals surface area (Å²) in [6.45, 7) is 3.05. The van der Waals surface area contributed by atoms with Crippen molar-refractivity contribution in [1.29, 1.82) is 0 Å². The molecular formula is C18H25F3N2O6S. The summed E-state index contributed by atoms with van der Waals surface area (Å²) in [7, 11) is -3.70. The first kappa shape index (κ1) is 25.9. The molecule has 1 aromatic carbocycles. The molecule has 0 saturated carbocycles. The van der Waals surface area contributed by atoms with E-state index < -0.39 is 33.7 Å². The van der Waals surface area contributed by atoms with E-state index in [-0.39, 0.29) is 11.3 Å². The Morgan fingerprint density at radius 1 is 1.20 bits per heavy atom. The number of benzene rings is 1. The highest BCUT2D eigenvalue weighted by atomic mass is 32.2. The van der Waals surface area contributed by atoms with Gasteiger partial charge in [0.15, 0.2) is 0 Å². The maximum absolute atomic E-state index is 12.5. The average molecular weight is 454 g/mol. The molecule has 1 heterocycles. The van der Waals surface area contributed by atoms with Crippen molar-refractivity contribution in [3.63, 3.8) is 0 Å². The first-order valence-corrected chi connectivity index (χ1v) is 10.7. The molecule has 0 spiro atoms. The molecule has 1 aromatic rings. The molecule has 0 atom stereocenters. The number of alkyl halides is 3. The second-order valence-corrected chi connectivity index (χ2v) is 8.72. The largest absolute Gasteiger partial charge is 0.542 e. The van der Waals surface area contributed by atoms with Crippen LogP contribution in [-0.4, -0.2) is 50.3 Å². The van der Waals surface area contributed by atoms with Crippen LogP contribution in [0.2, 0.25) is 0 Å². The zero-order valence-corrected chi connectivity index (χ0v) is 17.2. The van der Waals surface area contributed by atoms with Gasteiger partial charge in [-0.3, -0.25) is 4.79 Å². The number of nitrogens with two attached hydrogens (primary N) is 1. The van der Waals surface area contributed by atoms with Crippen LogP contribution < -0.4 is 15.1 Å². The van der Waals surface area contributed by atoms with Gasteiger partial charge in [-0.25, -0.2) is 8.42 Å². The van der Waals surface area contributed by atoms with Crippen molar-refractivity contribution < 1.29 is 46.7 Å². The predicted octanol–water partition coefficient (Wildman–Crippen LogP) is -0.213. The van der Waals surface area contributed by atoms with Crippen molar-refractivity contribution in [2.75, 3.05) is 13.1 Å². The number of carbonyl (C=O) groups is 2. The van der Waals surface area contributed by atoms with Crippen LogP contribution in [-0.2, 0) is 26.0 Å². The third-order valence-electron chi connectivity index (χ3n) is 4.44. The Balaban J connectivity index is 0.000000553. The summed E-state index contributed by atoms with van der Waals surface area (Å²) < 4.78 is 59.1. The van der Waals surface area contributed by atoms with E-state index in [9.17, 15) is 26.4 Å². The zero-order chi connectivity index (χ0) is 23.0. The van der Waals surface area contributed by atoms with Gasteiger partial charge >= 0.3 is 12.1 Å². The van der Waals surface area contributed by atoms with Crippen LogP contribution in [0.25, 0.3) is 0 Å². The van der Waals surface area contributed by atoms with Gasteiger partial charge in [-0.2, -0.15) is 17.9 Å². The highest BCUT2D eigenvalue weighted by molar-refractivity contribution is 7.89. The molecule has 1 saturated heterocycles. The second-order valence-electron chi connectivity index (χ2n) is 7.04. The molecule has 1 fully saturated rings. The number of aryl methyl sites for hydroxylation is 1. The Kier molecular flexibility index (Phi) is 9.25. The zero-order valence-electron chi connectivity index (χ0n) is 16.4. The van der Waals surface area contributed by atoms with E-state index >= 15 is 0 Å². The van der Waals surface area contributed by atoms with Gasteiger partial charge in [0.1, 0.15) is 24.6 Å². The minimum Gasteiger partial charge on any atom is -0.542 e. The third kappa shape index (κ3) is 8.28. The van der Waals surface area contributed by atoms with E-state index in [1.165, 1.54) is 0 Å². The second kappa shape index (κ2) is 10.7. The van der Waals surface area contributed by atoms with Gasteiger partial charge in [-0.15, -0.1) is 0 Å². The maximum atomic E-state index is 12.5. The molecule has 0 aliphatic carbocycles. The topological polar surface area (TPSA) is 140 Å². The maximum Gasteiger partial charge on any atom is 0.430 e. The Bertz CT molecular complexity index is 821. The van der Waals surface area contributed by atoms with Crippen LogP contribution in [0.1, 0.15) is 38.2 Å². The normalized spacial score (nSPS) is 15.5. The van der Waals surface area contributed by atoms with Crippen molar-refractivity contribution in [3.8, 4) is 0 Å². The van der Waals surface area contributed by atoms with Gasteiger partial charge in [0.2, 0.25) is 10.0 Å². The van der Waals surface area contributed by atoms with Crippen molar-refractivity contribution >= 4 is 22.0 Å². The van der Waals surface area contributed by atoms with Crippen LogP contribution >= 0.6 is 0 Å². The minimum absolute atomic E-state index is 0.188. The summed E-state index contributed by atoms with van der Waals surface area (Å²) in [5, 5.41) is 19.6. The summed E-state index contributed by atoms with van der Waals surface area (Å²) in [4.78, 5) is 19.9. The number of unbranched alkanes of at least 4 members (excludes halogenated alkanes) is 2. The molecule has 30 heavy (non-hydrogen) atoms. The first-order valence-electron chi connectivity index (χ1n) is 9.26. The first-order chi connectivity index (χ1) is 13.8. The monoisotopic (exact) mass is 454 g/mol. The lowest BCUT2D eigenvalue weighted by Gasteiger charge is -2.37. The van der Waals surface area contributed by atoms with Crippen molar-refractivity contribution in [2.45, 2.75) is 55.6 Å². The number of aliphatic carboxylic acids is 2. The highest BCUT2D eigenvalue weighted by Crippen LogP contribution is 2.18. The van der Waals surface area contributed by atoms with Crippen LogP contribution in [0.4, 0.5) is 13.2 Å². The number of hydrogen-bond donors (Lipinski definition) is 3. The van der Waals surface area contributed by atoms with Gasteiger partial charge in [-0.05, 0) is 30.5 Å². The number of quaternary nitrogens is 1. The standard InChI is InChI=1S/C16H24N2O4S.C2HF3O2/c1-2-3-4-5-13-6-8-14(9-7-13)23(21,22)18-16(10-15(19)20)11-17-12-16;3-2(4,5)1(6)7/h6-9,17-18H,2-5,10-12H2,1H3,(H,19,20);(H,6,7). The van der Waals surface area contributed by atoms with E-state index in [0.29, 0.717) is 13.1 Å². The molecule has 1 aliphatic heterocycles. The van der Waals surface area contributed by atoms with Crippen molar-refractivity contribution in [1.82, 2.24) is 4.72 Å². The molecule has 1 aliphatic rings. The fourth-order valence-electron chi connectivity index (χ4n) is 2.80. The Morgan fingerprint density at radius 2 is 1.73 bits per heavy atom. The molecule has 0 bridgehead atoms. The molecule has 0 radical (unpaired) electrons. The Hall–Kier alpha value is -2.18. The number of sulfonamides is 1. The van der Waals surface area contributed by atoms with Gasteiger partial charge in [-0.1, -0.05) is 31.9 Å². The number of carboxylic acids is 2. The summed E-state index contributed by atoms with van der Waals surface area (Å²) in [6.07, 6.45) is -1.04. The lowest BCUT2D eigenvalue weighted by Crippen LogP contribution is -3.05. The summed E-state index contributed by atoms with van der Waals surface area (Å²) in [5.41, 5.74) is 0.249. The fraction of sp³-hybridized carbons (Fsp3) is 0.556. The summed E-state index contributed by atoms with van der Waals surface area (Å²) >= 11 is 0. The Morgan fingerprint density at radius 3 is 2.10 bits per heavy atom. The van der Waals surface area contributed by atoms with E-state index in [2.05, 4.69) is 11.6 Å². The van der Waals surface area contributed by atoms with Gasteiger partial charge < -0.3 is 20.3 Å². The number of rotatable bonds is 9. The predicted molar refractivity (Wildman–Crippen MR) is 97.7 cm³/mol. The number of hydrogen-bond acceptors (Lipinski definition) is 5. The van der Waals surface area contributed by atoms with Gasteiger partial charge in [0.05, 0.1) is 11.3 Å². The van der Waals surface area contributed by atoms with E-state index in [1.54, 1.807) is 12.1 Å². The van der Waals surface area contributed by atoms with Crippen LogP contribution in [0.15, 0.2) is 29.2 Å². The number of nitrogens with one attached hydrogen (secondary N) is 1. The molecule has 170 valence electrons. The van der Waals surface area contributed by atoms with Gasteiger partial charge in [0.25, 0.3) is 0 Å². The average Bonchev–Trinajstić information content (AvgIpc) is 2.59. The molecular weight excluding hydrogens is 429 g/mol. The highest BCUT2D eigenvalue weighted by Gasteiger charge is 2.47. The van der Waals surface area contributed by atoms with Crippen LogP contribution in [0.5, 0.6) is 0 Å². The quantitative estimate of drug-likeness (QED) is 0.441. The van der Waals surface area contributed by atoms with E-state index in [0.717, 1.165) is 31.2 Å². The third-order valence-corrected chi connectivity index (χ3v) is 6.04.